The van der Waals surface area contributed by atoms with Gasteiger partial charge in [0.25, 0.3) is 5.91 Å². The SMILES string of the molecule is Cc1ccc(N2C(=O)c3[nH]nc(-c4ccc(Br)cc4)c3[C@H]2c2cccc(O)c2)cc1. The first-order valence-corrected chi connectivity index (χ1v) is 10.4. The Bertz CT molecular complexity index is 1250. The zero-order valence-corrected chi connectivity index (χ0v) is 17.7. The van der Waals surface area contributed by atoms with Gasteiger partial charge in [0.05, 0.1) is 11.7 Å². The smallest absolute Gasteiger partial charge is 0.277 e. The molecule has 0 saturated carbocycles. The summed E-state index contributed by atoms with van der Waals surface area (Å²) in [5, 5.41) is 17.6. The molecule has 1 atom stereocenters. The van der Waals surface area contributed by atoms with Gasteiger partial charge in [-0.25, -0.2) is 0 Å². The molecule has 0 bridgehead atoms. The second kappa shape index (κ2) is 7.15. The number of halogens is 1. The third-order valence-electron chi connectivity index (χ3n) is 5.38. The van der Waals surface area contributed by atoms with Crippen molar-refractivity contribution >= 4 is 27.5 Å². The second-order valence-electron chi connectivity index (χ2n) is 7.38. The molecule has 2 heterocycles. The number of aromatic nitrogens is 2. The van der Waals surface area contributed by atoms with E-state index in [1.165, 1.54) is 0 Å². The summed E-state index contributed by atoms with van der Waals surface area (Å²) in [7, 11) is 0. The normalized spacial score (nSPS) is 15.5. The Morgan fingerprint density at radius 3 is 2.47 bits per heavy atom. The van der Waals surface area contributed by atoms with Crippen molar-refractivity contribution in [3.05, 3.63) is 99.7 Å². The number of aromatic amines is 1. The van der Waals surface area contributed by atoms with Gasteiger partial charge in [-0.3, -0.25) is 14.8 Å². The number of nitrogens with zero attached hydrogens (tertiary/aromatic N) is 2. The largest absolute Gasteiger partial charge is 0.508 e. The number of carbonyl (C=O) groups is 1. The van der Waals surface area contributed by atoms with Crippen molar-refractivity contribution in [2.45, 2.75) is 13.0 Å². The Morgan fingerprint density at radius 2 is 1.77 bits per heavy atom. The van der Waals surface area contributed by atoms with Crippen molar-refractivity contribution in [1.29, 1.82) is 0 Å². The number of hydrogen-bond donors (Lipinski definition) is 2. The summed E-state index contributed by atoms with van der Waals surface area (Å²) in [6.45, 7) is 2.01. The maximum absolute atomic E-state index is 13.4. The standard InChI is InChI=1S/C24H18BrN3O2/c1-14-5-11-18(12-6-14)28-23(16-3-2-4-19(29)13-16)20-21(26-27-22(20)24(28)30)15-7-9-17(25)10-8-15/h2-13,23,29H,1H3,(H,26,27)/t23-/m1/s1. The van der Waals surface area contributed by atoms with E-state index in [0.29, 0.717) is 5.69 Å². The lowest BCUT2D eigenvalue weighted by Gasteiger charge is -2.26. The van der Waals surface area contributed by atoms with Gasteiger partial charge in [0.2, 0.25) is 0 Å². The summed E-state index contributed by atoms with van der Waals surface area (Å²) in [5.41, 5.74) is 5.67. The molecule has 148 valence electrons. The molecule has 0 spiro atoms. The molecule has 3 aromatic carbocycles. The van der Waals surface area contributed by atoms with Gasteiger partial charge in [0.1, 0.15) is 11.4 Å². The lowest BCUT2D eigenvalue weighted by Crippen LogP contribution is -2.29. The molecule has 4 aromatic rings. The van der Waals surface area contributed by atoms with Crippen LogP contribution < -0.4 is 4.90 Å². The van der Waals surface area contributed by atoms with Crippen molar-refractivity contribution in [3.63, 3.8) is 0 Å². The molecule has 1 aliphatic heterocycles. The molecular formula is C24H18BrN3O2. The van der Waals surface area contributed by atoms with Crippen LogP contribution in [0.25, 0.3) is 11.3 Å². The third kappa shape index (κ3) is 3.00. The summed E-state index contributed by atoms with van der Waals surface area (Å²) in [6.07, 6.45) is 0. The van der Waals surface area contributed by atoms with E-state index in [1.807, 2.05) is 61.5 Å². The van der Waals surface area contributed by atoms with Crippen LogP contribution in [0.2, 0.25) is 0 Å². The van der Waals surface area contributed by atoms with E-state index in [9.17, 15) is 9.90 Å². The molecule has 30 heavy (non-hydrogen) atoms. The fraction of sp³-hybridized carbons (Fsp3) is 0.0833. The summed E-state index contributed by atoms with van der Waals surface area (Å²) in [4.78, 5) is 15.2. The number of aryl methyl sites for hydroxylation is 1. The van der Waals surface area contributed by atoms with Crippen LogP contribution in [0, 0.1) is 6.92 Å². The van der Waals surface area contributed by atoms with Gasteiger partial charge in [-0.05, 0) is 48.9 Å². The van der Waals surface area contributed by atoms with Crippen LogP contribution >= 0.6 is 15.9 Å². The lowest BCUT2D eigenvalue weighted by molar-refractivity contribution is 0.0988. The summed E-state index contributed by atoms with van der Waals surface area (Å²) in [6, 6.07) is 22.4. The maximum Gasteiger partial charge on any atom is 0.277 e. The first-order chi connectivity index (χ1) is 14.5. The van der Waals surface area contributed by atoms with Crippen LogP contribution in [0.3, 0.4) is 0 Å². The number of aromatic hydroxyl groups is 1. The minimum absolute atomic E-state index is 0.141. The molecule has 0 radical (unpaired) electrons. The van der Waals surface area contributed by atoms with Crippen molar-refractivity contribution in [2.24, 2.45) is 0 Å². The van der Waals surface area contributed by atoms with Gasteiger partial charge in [0.15, 0.2) is 0 Å². The molecule has 0 aliphatic carbocycles. The van der Waals surface area contributed by atoms with E-state index in [1.54, 1.807) is 23.1 Å². The minimum atomic E-state index is -0.403. The van der Waals surface area contributed by atoms with Crippen LogP contribution in [0.1, 0.15) is 33.2 Å². The van der Waals surface area contributed by atoms with Crippen molar-refractivity contribution in [1.82, 2.24) is 10.2 Å². The Hall–Kier alpha value is -3.38. The third-order valence-corrected chi connectivity index (χ3v) is 5.91. The Balaban J connectivity index is 1.72. The van der Waals surface area contributed by atoms with Gasteiger partial charge in [-0.2, -0.15) is 5.10 Å². The Labute approximate surface area is 182 Å². The number of anilines is 1. The average molecular weight is 460 g/mol. The number of rotatable bonds is 3. The molecule has 2 N–H and O–H groups in total. The molecular weight excluding hydrogens is 442 g/mol. The number of benzene rings is 3. The zero-order valence-electron chi connectivity index (χ0n) is 16.1. The van der Waals surface area contributed by atoms with Crippen LogP contribution in [0.15, 0.2) is 77.3 Å². The molecule has 1 aromatic heterocycles. The van der Waals surface area contributed by atoms with Crippen molar-refractivity contribution in [3.8, 4) is 17.0 Å². The van der Waals surface area contributed by atoms with Gasteiger partial charge in [-0.1, -0.05) is 57.9 Å². The van der Waals surface area contributed by atoms with Crippen molar-refractivity contribution < 1.29 is 9.90 Å². The quantitative estimate of drug-likeness (QED) is 0.418. The predicted molar refractivity (Wildman–Crippen MR) is 120 cm³/mol. The summed E-state index contributed by atoms with van der Waals surface area (Å²) in [5.74, 6) is 0.0176. The first kappa shape index (κ1) is 18.6. The van der Waals surface area contributed by atoms with E-state index in [0.717, 1.165) is 38.1 Å². The van der Waals surface area contributed by atoms with E-state index in [-0.39, 0.29) is 11.7 Å². The highest BCUT2D eigenvalue weighted by molar-refractivity contribution is 9.10. The average Bonchev–Trinajstić information content (AvgIpc) is 3.28. The number of carbonyl (C=O) groups excluding carboxylic acids is 1. The topological polar surface area (TPSA) is 69.2 Å². The predicted octanol–water partition coefficient (Wildman–Crippen LogP) is 5.60. The number of H-pyrrole nitrogens is 1. The van der Waals surface area contributed by atoms with Crippen LogP contribution in [-0.4, -0.2) is 21.2 Å². The minimum Gasteiger partial charge on any atom is -0.508 e. The fourth-order valence-electron chi connectivity index (χ4n) is 3.96. The first-order valence-electron chi connectivity index (χ1n) is 9.56. The monoisotopic (exact) mass is 459 g/mol. The fourth-order valence-corrected chi connectivity index (χ4v) is 4.22. The van der Waals surface area contributed by atoms with Gasteiger partial charge in [-0.15, -0.1) is 0 Å². The van der Waals surface area contributed by atoms with E-state index in [2.05, 4.69) is 26.1 Å². The molecule has 1 amide bonds. The molecule has 0 saturated heterocycles. The molecule has 5 rings (SSSR count). The number of nitrogens with one attached hydrogen (secondary N) is 1. The number of phenolic OH excluding ortho intramolecular Hbond substituents is 1. The summed E-state index contributed by atoms with van der Waals surface area (Å²) >= 11 is 3.46. The van der Waals surface area contributed by atoms with Gasteiger partial charge >= 0.3 is 0 Å². The summed E-state index contributed by atoms with van der Waals surface area (Å²) < 4.78 is 0.973. The molecule has 6 heteroatoms. The highest BCUT2D eigenvalue weighted by atomic mass is 79.9. The van der Waals surface area contributed by atoms with E-state index in [4.69, 9.17) is 0 Å². The highest BCUT2D eigenvalue weighted by Gasteiger charge is 2.43. The molecule has 0 unspecified atom stereocenters. The van der Waals surface area contributed by atoms with E-state index < -0.39 is 6.04 Å². The van der Waals surface area contributed by atoms with Crippen LogP contribution in [-0.2, 0) is 0 Å². The van der Waals surface area contributed by atoms with Crippen molar-refractivity contribution in [2.75, 3.05) is 4.90 Å². The van der Waals surface area contributed by atoms with Gasteiger partial charge < -0.3 is 5.11 Å². The number of hydrogen-bond acceptors (Lipinski definition) is 3. The second-order valence-corrected chi connectivity index (χ2v) is 8.29. The zero-order chi connectivity index (χ0) is 20.8. The van der Waals surface area contributed by atoms with Crippen LogP contribution in [0.5, 0.6) is 5.75 Å². The molecule has 0 fully saturated rings. The Morgan fingerprint density at radius 1 is 1.03 bits per heavy atom. The lowest BCUT2D eigenvalue weighted by atomic mass is 9.95. The number of fused-ring (bicyclic) bond motifs is 1. The van der Waals surface area contributed by atoms with E-state index >= 15 is 0 Å². The number of amides is 1. The molecule has 5 nitrogen and oxygen atoms in total. The Kier molecular flexibility index (Phi) is 4.44. The van der Waals surface area contributed by atoms with Gasteiger partial charge in [0, 0.05) is 21.3 Å². The molecule has 1 aliphatic rings. The van der Waals surface area contributed by atoms with Crippen LogP contribution in [0.4, 0.5) is 5.69 Å². The highest BCUT2D eigenvalue weighted by Crippen LogP contribution is 2.45. The number of phenols is 1. The maximum atomic E-state index is 13.4.